The quantitative estimate of drug-likeness (QED) is 0.129. The summed E-state index contributed by atoms with van der Waals surface area (Å²) >= 11 is 0. The van der Waals surface area contributed by atoms with Gasteiger partial charge < -0.3 is 65.8 Å². The third-order valence-corrected chi connectivity index (χ3v) is 16.1. The van der Waals surface area contributed by atoms with Gasteiger partial charge in [-0.05, 0) is 101 Å². The van der Waals surface area contributed by atoms with Gasteiger partial charge in [-0.15, -0.1) is 0 Å². The molecule has 13 atom stereocenters. The first-order chi connectivity index (χ1) is 39.6. The Balaban J connectivity index is 4.37. The first-order valence-electron chi connectivity index (χ1n) is 30.6. The van der Waals surface area contributed by atoms with Crippen LogP contribution in [0.3, 0.4) is 0 Å². The Hall–Kier alpha value is -6.17. The van der Waals surface area contributed by atoms with Gasteiger partial charge in [0.1, 0.15) is 60.4 Å². The van der Waals surface area contributed by atoms with Crippen LogP contribution in [-0.4, -0.2) is 238 Å². The van der Waals surface area contributed by atoms with Crippen LogP contribution < -0.4 is 21.3 Å². The molecule has 0 saturated carbocycles. The number of likely N-dealkylation sites (N-methyl/N-ethyl adjacent to an activating group) is 7. The van der Waals surface area contributed by atoms with Gasteiger partial charge in [0, 0.05) is 49.3 Å². The van der Waals surface area contributed by atoms with E-state index in [-0.39, 0.29) is 55.8 Å². The number of hydrogen-bond donors (Lipinski definition) is 6. The van der Waals surface area contributed by atoms with Crippen molar-refractivity contribution in [3.05, 3.63) is 12.2 Å². The Bertz CT molecular complexity index is 2360. The fourth-order valence-corrected chi connectivity index (χ4v) is 10.7. The Kier molecular flexibility index (Phi) is 31.7. The number of rotatable bonds is 15. The average molecular weight is 1220 g/mol. The van der Waals surface area contributed by atoms with Crippen molar-refractivity contribution in [3.8, 4) is 0 Å². The molecular formula is C62H111N11O13. The summed E-state index contributed by atoms with van der Waals surface area (Å²) < 4.78 is 0. The third kappa shape index (κ3) is 21.6. The lowest BCUT2D eigenvalue weighted by molar-refractivity contribution is -0.157. The van der Waals surface area contributed by atoms with Crippen molar-refractivity contribution >= 4 is 65.0 Å². The summed E-state index contributed by atoms with van der Waals surface area (Å²) in [6.07, 6.45) is 1.10. The minimum Gasteiger partial charge on any atom is -0.391 e. The lowest BCUT2D eigenvalue weighted by Crippen LogP contribution is -2.64. The van der Waals surface area contributed by atoms with E-state index < -0.39 is 162 Å². The number of allylic oxidation sites excluding steroid dienone is 2. The Morgan fingerprint density at radius 3 is 1.27 bits per heavy atom. The summed E-state index contributed by atoms with van der Waals surface area (Å²) in [7, 11) is 9.62. The zero-order valence-corrected chi connectivity index (χ0v) is 56.4. The Labute approximate surface area is 513 Å². The summed E-state index contributed by atoms with van der Waals surface area (Å²) in [5, 5.41) is 34.0. The normalized spacial score (nSPS) is 27.1. The number of nitrogens with zero attached hydrogens (tertiary/aromatic N) is 7. The second-order valence-corrected chi connectivity index (χ2v) is 26.4. The minimum absolute atomic E-state index is 0.113. The van der Waals surface area contributed by atoms with Gasteiger partial charge in [-0.3, -0.25) is 52.7 Å². The minimum atomic E-state index is -1.74. The van der Waals surface area contributed by atoms with Crippen molar-refractivity contribution in [2.75, 3.05) is 55.9 Å². The molecular weight excluding hydrogens is 1110 g/mol. The lowest BCUT2D eigenvalue weighted by Gasteiger charge is -2.41. The SMILES string of the molecule is CC=CC[C@@H](C)[C@@H](O)[C@H]1C(=O)N[C@@H]([C@@H](C)O)C(=O)N(C)CC(=O)N(C)[C@@H](CC(C)C)C(=O)N[C@@H](C(C)C)C(=O)N(C)[C@@H](CC(C)C)C(=O)N[C@@H](C)C(=O)N[C@H](C)C(=O)N(C)[C@@H](CC(C)C)C(=O)N(C)[C@@H](CC(C)C)C(=O)N(C)[C@@H](C(C)C)C(=O)N1C. The first kappa shape index (κ1) is 77.8. The molecule has 0 unspecified atom stereocenters. The molecule has 24 heteroatoms. The highest BCUT2D eigenvalue weighted by Gasteiger charge is 2.46. The third-order valence-electron chi connectivity index (χ3n) is 16.1. The number of carbonyl (C=O) groups excluding carboxylic acids is 11. The van der Waals surface area contributed by atoms with Crippen LogP contribution in [-0.2, 0) is 52.7 Å². The molecule has 1 aliphatic heterocycles. The molecule has 0 bridgehead atoms. The predicted molar refractivity (Wildman–Crippen MR) is 330 cm³/mol. The number of aliphatic hydroxyl groups excluding tert-OH is 2. The van der Waals surface area contributed by atoms with Crippen LogP contribution in [0.2, 0.25) is 0 Å². The summed E-state index contributed by atoms with van der Waals surface area (Å²) in [5.41, 5.74) is 0. The molecule has 1 rings (SSSR count). The van der Waals surface area contributed by atoms with Crippen LogP contribution in [0.15, 0.2) is 12.2 Å². The van der Waals surface area contributed by atoms with Crippen LogP contribution in [0, 0.1) is 41.4 Å². The van der Waals surface area contributed by atoms with Crippen LogP contribution in [0.4, 0.5) is 0 Å². The van der Waals surface area contributed by atoms with Crippen molar-refractivity contribution < 1.29 is 63.0 Å². The molecule has 0 radical (unpaired) electrons. The van der Waals surface area contributed by atoms with Crippen molar-refractivity contribution in [1.29, 1.82) is 0 Å². The highest BCUT2D eigenvalue weighted by molar-refractivity contribution is 5.99. The number of amides is 11. The van der Waals surface area contributed by atoms with Crippen molar-refractivity contribution in [2.24, 2.45) is 41.4 Å². The highest BCUT2D eigenvalue weighted by atomic mass is 16.3. The topological polar surface area (TPSA) is 299 Å². The Morgan fingerprint density at radius 2 is 0.826 bits per heavy atom. The van der Waals surface area contributed by atoms with E-state index in [4.69, 9.17) is 0 Å². The largest absolute Gasteiger partial charge is 0.391 e. The van der Waals surface area contributed by atoms with E-state index in [9.17, 15) is 53.4 Å². The zero-order chi connectivity index (χ0) is 66.8. The number of carbonyl (C=O) groups is 11. The second-order valence-electron chi connectivity index (χ2n) is 26.4. The van der Waals surface area contributed by atoms with Gasteiger partial charge >= 0.3 is 0 Å². The molecule has 1 fully saturated rings. The van der Waals surface area contributed by atoms with E-state index >= 15 is 9.59 Å². The van der Waals surface area contributed by atoms with Crippen LogP contribution in [0.1, 0.15) is 150 Å². The lowest BCUT2D eigenvalue weighted by atomic mass is 9.91. The van der Waals surface area contributed by atoms with Gasteiger partial charge in [-0.25, -0.2) is 0 Å². The molecule has 24 nitrogen and oxygen atoms in total. The summed E-state index contributed by atoms with van der Waals surface area (Å²) in [6.45, 7) is 28.5. The van der Waals surface area contributed by atoms with E-state index in [2.05, 4.69) is 21.3 Å². The van der Waals surface area contributed by atoms with Crippen LogP contribution in [0.5, 0.6) is 0 Å². The van der Waals surface area contributed by atoms with Crippen molar-refractivity contribution in [1.82, 2.24) is 55.6 Å². The fraction of sp³-hybridized carbons (Fsp3) is 0.790. The van der Waals surface area contributed by atoms with Gasteiger partial charge in [0.25, 0.3) is 0 Å². The molecule has 0 aromatic heterocycles. The van der Waals surface area contributed by atoms with Gasteiger partial charge in [0.2, 0.25) is 65.0 Å². The number of hydrogen-bond acceptors (Lipinski definition) is 13. The number of nitrogens with one attached hydrogen (secondary N) is 4. The first-order valence-corrected chi connectivity index (χ1v) is 30.6. The molecule has 86 heavy (non-hydrogen) atoms. The predicted octanol–water partition coefficient (Wildman–Crippen LogP) is 2.24. The second kappa shape index (κ2) is 35.0. The zero-order valence-electron chi connectivity index (χ0n) is 56.4. The monoisotopic (exact) mass is 1220 g/mol. The molecule has 492 valence electrons. The molecule has 11 amide bonds. The van der Waals surface area contributed by atoms with Gasteiger partial charge in [0.15, 0.2) is 0 Å². The smallest absolute Gasteiger partial charge is 0.248 e. The van der Waals surface area contributed by atoms with Crippen molar-refractivity contribution in [3.63, 3.8) is 0 Å². The van der Waals surface area contributed by atoms with E-state index in [1.54, 1.807) is 53.7 Å². The van der Waals surface area contributed by atoms with E-state index in [1.807, 2.05) is 55.4 Å². The van der Waals surface area contributed by atoms with E-state index in [0.29, 0.717) is 0 Å². The maximum absolute atomic E-state index is 15.1. The standard InChI is InChI=1S/C62H111N11O13/c1-25-26-27-39(14)52(76)51-56(80)66-49(42(17)74)60(84)67(18)32-47(75)68(19)43(28-33(2)3)55(79)65-48(37(10)11)61(85)69(20)44(29-34(4)5)54(78)63-40(15)53(77)64-41(16)57(81)70(21)45(30-35(6)7)58(82)71(22)46(31-36(8)9)59(83)72(23)50(38(12)13)62(86)73(51)24/h25-26,33-46,48-52,74,76H,27-32H2,1-24H3,(H,63,78)(H,64,77)(H,65,79)(H,66,80)/t39-,40+,41-,42-,43+,44+,45+,46+,48+,49+,50+,51+,52-/m1/s1. The fourth-order valence-electron chi connectivity index (χ4n) is 10.7. The molecule has 1 aliphatic rings. The summed E-state index contributed by atoms with van der Waals surface area (Å²) in [6, 6.07) is -13.2. The molecule has 0 aromatic carbocycles. The maximum Gasteiger partial charge on any atom is 0.248 e. The molecule has 1 saturated heterocycles. The maximum atomic E-state index is 15.1. The van der Waals surface area contributed by atoms with Crippen molar-refractivity contribution in [2.45, 2.75) is 222 Å². The van der Waals surface area contributed by atoms with Gasteiger partial charge in [-0.2, -0.15) is 0 Å². The molecule has 6 N–H and O–H groups in total. The van der Waals surface area contributed by atoms with Crippen LogP contribution in [0.25, 0.3) is 0 Å². The van der Waals surface area contributed by atoms with Gasteiger partial charge in [-0.1, -0.05) is 102 Å². The van der Waals surface area contributed by atoms with Crippen LogP contribution >= 0.6 is 0 Å². The molecule has 0 aliphatic carbocycles. The van der Waals surface area contributed by atoms with E-state index in [1.165, 1.54) is 89.7 Å². The molecule has 0 aromatic rings. The van der Waals surface area contributed by atoms with E-state index in [0.717, 1.165) is 14.7 Å². The highest BCUT2D eigenvalue weighted by Crippen LogP contribution is 2.26. The molecule has 1 heterocycles. The average Bonchev–Trinajstić information content (AvgIpc) is 2.16. The summed E-state index contributed by atoms with van der Waals surface area (Å²) in [4.78, 5) is 168. The Morgan fingerprint density at radius 1 is 0.430 bits per heavy atom. The molecule has 0 spiro atoms. The summed E-state index contributed by atoms with van der Waals surface area (Å²) in [5.74, 6) is -10.7. The number of aliphatic hydroxyl groups is 2. The van der Waals surface area contributed by atoms with Gasteiger partial charge in [0.05, 0.1) is 18.8 Å².